The SMILES string of the molecule is N[C@@H](CSc1ccc(C(=O)O)cn1)C(=O)N[C@H](C(=O)O)[C@H]1O[C@@H](n2ccc(=O)[nH]c2=O)[C@H](O)[C@@H]1O. The maximum atomic E-state index is 12.5. The van der Waals surface area contributed by atoms with Crippen LogP contribution in [-0.4, -0.2) is 89.0 Å². The number of amides is 1. The number of hydrogen-bond donors (Lipinski definition) is 7. The van der Waals surface area contributed by atoms with Crippen LogP contribution in [0.15, 0.2) is 45.2 Å². The van der Waals surface area contributed by atoms with Crippen LogP contribution in [0.25, 0.3) is 0 Å². The van der Waals surface area contributed by atoms with Gasteiger partial charge in [0.25, 0.3) is 5.56 Å². The molecule has 35 heavy (non-hydrogen) atoms. The van der Waals surface area contributed by atoms with E-state index in [0.29, 0.717) is 5.03 Å². The topological polar surface area (TPSA) is 247 Å². The number of H-pyrrole nitrogens is 1. The van der Waals surface area contributed by atoms with Crippen LogP contribution < -0.4 is 22.3 Å². The van der Waals surface area contributed by atoms with Crippen LogP contribution in [0.4, 0.5) is 0 Å². The second kappa shape index (κ2) is 10.8. The molecule has 0 bridgehead atoms. The Morgan fingerprint density at radius 3 is 2.49 bits per heavy atom. The van der Waals surface area contributed by atoms with E-state index in [9.17, 15) is 39.3 Å². The van der Waals surface area contributed by atoms with E-state index in [1.807, 2.05) is 4.98 Å². The van der Waals surface area contributed by atoms with E-state index in [1.165, 1.54) is 12.1 Å². The van der Waals surface area contributed by atoms with Gasteiger partial charge in [0.05, 0.1) is 16.6 Å². The molecule has 188 valence electrons. The Bertz CT molecular complexity index is 1220. The molecule has 3 heterocycles. The minimum absolute atomic E-state index is 0.0274. The summed E-state index contributed by atoms with van der Waals surface area (Å²) in [7, 11) is 0. The van der Waals surface area contributed by atoms with E-state index in [0.717, 1.165) is 34.8 Å². The number of aromatic carboxylic acids is 1. The third-order valence-electron chi connectivity index (χ3n) is 5.02. The van der Waals surface area contributed by atoms with Crippen molar-refractivity contribution in [3.63, 3.8) is 0 Å². The van der Waals surface area contributed by atoms with E-state index in [4.69, 9.17) is 15.6 Å². The van der Waals surface area contributed by atoms with Crippen LogP contribution in [0, 0.1) is 0 Å². The highest BCUT2D eigenvalue weighted by Crippen LogP contribution is 2.30. The predicted octanol–water partition coefficient (Wildman–Crippen LogP) is -3.06. The summed E-state index contributed by atoms with van der Waals surface area (Å²) in [4.78, 5) is 64.3. The van der Waals surface area contributed by atoms with E-state index in [2.05, 4.69) is 10.3 Å². The highest BCUT2D eigenvalue weighted by molar-refractivity contribution is 7.99. The Morgan fingerprint density at radius 2 is 1.91 bits per heavy atom. The Balaban J connectivity index is 1.67. The fourth-order valence-corrected chi connectivity index (χ4v) is 4.00. The molecule has 0 aliphatic carbocycles. The summed E-state index contributed by atoms with van der Waals surface area (Å²) in [5, 5.41) is 41.7. The van der Waals surface area contributed by atoms with Crippen molar-refractivity contribution in [2.75, 3.05) is 5.75 Å². The van der Waals surface area contributed by atoms with E-state index in [1.54, 1.807) is 0 Å². The molecule has 1 fully saturated rings. The Hall–Kier alpha value is -3.57. The Morgan fingerprint density at radius 1 is 1.20 bits per heavy atom. The second-order valence-corrected chi connectivity index (χ2v) is 8.46. The number of aromatic amines is 1. The second-order valence-electron chi connectivity index (χ2n) is 7.42. The molecule has 8 N–H and O–H groups in total. The number of aliphatic hydroxyl groups excluding tert-OH is 2. The molecule has 0 unspecified atom stereocenters. The van der Waals surface area contributed by atoms with Gasteiger partial charge in [0.1, 0.15) is 18.3 Å². The molecule has 16 heteroatoms. The van der Waals surface area contributed by atoms with Gasteiger partial charge in [-0.15, -0.1) is 11.8 Å². The van der Waals surface area contributed by atoms with Crippen molar-refractivity contribution in [1.82, 2.24) is 19.9 Å². The zero-order valence-corrected chi connectivity index (χ0v) is 18.5. The Labute approximate surface area is 199 Å². The van der Waals surface area contributed by atoms with Crippen LogP contribution in [0.1, 0.15) is 16.6 Å². The average molecular weight is 511 g/mol. The van der Waals surface area contributed by atoms with Crippen LogP contribution in [-0.2, 0) is 14.3 Å². The predicted molar refractivity (Wildman–Crippen MR) is 117 cm³/mol. The van der Waals surface area contributed by atoms with Crippen molar-refractivity contribution in [3.05, 3.63) is 57.0 Å². The van der Waals surface area contributed by atoms with E-state index >= 15 is 0 Å². The van der Waals surface area contributed by atoms with Gasteiger partial charge in [-0.25, -0.2) is 19.4 Å². The van der Waals surface area contributed by atoms with Gasteiger partial charge < -0.3 is 36.2 Å². The standard InChI is InChI=1S/C19H21N5O10S/c20-8(6-35-10-2-1-7(5-21-10)17(29)30)15(28)23-11(18(31)32)14-12(26)13(27)16(34-14)24-4-3-9(25)22-19(24)33/h1-5,8,11-14,16,26-27H,6,20H2,(H,23,28)(H,29,30)(H,31,32)(H,22,25,33)/t8-,11-,12-,13+,14+,16+/m0/s1. The number of aliphatic carboxylic acids is 1. The smallest absolute Gasteiger partial charge is 0.337 e. The van der Waals surface area contributed by atoms with Gasteiger partial charge in [-0.05, 0) is 12.1 Å². The van der Waals surface area contributed by atoms with Crippen LogP contribution >= 0.6 is 11.8 Å². The molecule has 3 rings (SSSR count). The number of rotatable bonds is 9. The van der Waals surface area contributed by atoms with Gasteiger partial charge in [-0.2, -0.15) is 0 Å². The maximum Gasteiger partial charge on any atom is 0.337 e. The van der Waals surface area contributed by atoms with Crippen molar-refractivity contribution in [3.8, 4) is 0 Å². The molecule has 0 radical (unpaired) electrons. The van der Waals surface area contributed by atoms with Crippen LogP contribution in [0.3, 0.4) is 0 Å². The molecule has 0 aromatic carbocycles. The molecule has 6 atom stereocenters. The molecule has 15 nitrogen and oxygen atoms in total. The number of nitrogens with zero attached hydrogens (tertiary/aromatic N) is 2. The van der Waals surface area contributed by atoms with Gasteiger partial charge in [-0.1, -0.05) is 0 Å². The fraction of sp³-hybridized carbons (Fsp3) is 0.368. The number of carbonyl (C=O) groups is 3. The molecule has 0 saturated carbocycles. The first-order valence-electron chi connectivity index (χ1n) is 9.93. The summed E-state index contributed by atoms with van der Waals surface area (Å²) in [5.41, 5.74) is 4.12. The van der Waals surface area contributed by atoms with Gasteiger partial charge in [0.2, 0.25) is 5.91 Å². The lowest BCUT2D eigenvalue weighted by molar-refractivity contribution is -0.149. The summed E-state index contributed by atoms with van der Waals surface area (Å²) in [6, 6.07) is 0.622. The third-order valence-corrected chi connectivity index (χ3v) is 6.09. The molecule has 1 aliphatic rings. The monoisotopic (exact) mass is 511 g/mol. The number of nitrogens with one attached hydrogen (secondary N) is 2. The van der Waals surface area contributed by atoms with Gasteiger partial charge >= 0.3 is 17.6 Å². The van der Waals surface area contributed by atoms with Gasteiger partial charge in [-0.3, -0.25) is 19.1 Å². The number of carboxylic acid groups (broad SMARTS) is 2. The maximum absolute atomic E-state index is 12.5. The molecule has 1 amide bonds. The lowest BCUT2D eigenvalue weighted by Gasteiger charge is -2.24. The van der Waals surface area contributed by atoms with E-state index in [-0.39, 0.29) is 11.3 Å². The highest BCUT2D eigenvalue weighted by atomic mass is 32.2. The molecule has 2 aromatic heterocycles. The first-order valence-corrected chi connectivity index (χ1v) is 10.9. The number of aromatic nitrogens is 3. The number of hydrogen-bond acceptors (Lipinski definition) is 11. The number of nitrogens with two attached hydrogens (primary N) is 1. The van der Waals surface area contributed by atoms with E-state index < -0.39 is 65.7 Å². The number of aliphatic hydroxyl groups is 2. The quantitative estimate of drug-likeness (QED) is 0.165. The fourth-order valence-electron chi connectivity index (χ4n) is 3.21. The average Bonchev–Trinajstić information content (AvgIpc) is 3.09. The molecule has 1 saturated heterocycles. The van der Waals surface area contributed by atoms with Gasteiger partial charge in [0, 0.05) is 24.2 Å². The van der Waals surface area contributed by atoms with Crippen LogP contribution in [0.2, 0.25) is 0 Å². The summed E-state index contributed by atoms with van der Waals surface area (Å²) in [6.07, 6.45) is -4.65. The molecule has 1 aliphatic heterocycles. The van der Waals surface area contributed by atoms with Crippen molar-refractivity contribution < 1.29 is 39.5 Å². The number of ether oxygens (including phenoxy) is 1. The summed E-state index contributed by atoms with van der Waals surface area (Å²) in [6.45, 7) is 0. The minimum atomic E-state index is -1.85. The summed E-state index contributed by atoms with van der Waals surface area (Å²) < 4.78 is 6.16. The summed E-state index contributed by atoms with van der Waals surface area (Å²) >= 11 is 1.02. The molecular weight excluding hydrogens is 490 g/mol. The van der Waals surface area contributed by atoms with Crippen LogP contribution in [0.5, 0.6) is 0 Å². The molecular formula is C19H21N5O10S. The number of pyridine rings is 1. The normalized spacial score (nSPS) is 23.4. The van der Waals surface area contributed by atoms with Crippen molar-refractivity contribution in [2.24, 2.45) is 5.73 Å². The Kier molecular flexibility index (Phi) is 8.03. The lowest BCUT2D eigenvalue weighted by atomic mass is 10.0. The minimum Gasteiger partial charge on any atom is -0.480 e. The third kappa shape index (κ3) is 5.92. The van der Waals surface area contributed by atoms with Crippen molar-refractivity contribution in [1.29, 1.82) is 0 Å². The van der Waals surface area contributed by atoms with Crippen molar-refractivity contribution >= 4 is 29.6 Å². The molecule has 0 spiro atoms. The molecule has 2 aromatic rings. The number of thioether (sulfide) groups is 1. The number of carbonyl (C=O) groups excluding carboxylic acids is 1. The lowest BCUT2D eigenvalue weighted by Crippen LogP contribution is -2.56. The summed E-state index contributed by atoms with van der Waals surface area (Å²) in [5.74, 6) is -3.72. The first kappa shape index (κ1) is 26.0. The zero-order chi connectivity index (χ0) is 25.9. The largest absolute Gasteiger partial charge is 0.480 e. The van der Waals surface area contributed by atoms with Crippen molar-refractivity contribution in [2.45, 2.75) is 41.6 Å². The first-order chi connectivity index (χ1) is 16.5. The zero-order valence-electron chi connectivity index (χ0n) is 17.7. The van der Waals surface area contributed by atoms with Gasteiger partial charge in [0.15, 0.2) is 12.3 Å². The highest BCUT2D eigenvalue weighted by Gasteiger charge is 2.50. The number of carboxylic acids is 2.